The minimum absolute atomic E-state index is 0.0677. The summed E-state index contributed by atoms with van der Waals surface area (Å²) in [6.45, 7) is 0. The highest BCUT2D eigenvalue weighted by atomic mass is 32.2. The molecule has 1 fully saturated rings. The Morgan fingerprint density at radius 1 is 1.47 bits per heavy atom. The Morgan fingerprint density at radius 2 is 2.29 bits per heavy atom. The molecule has 90 valence electrons. The fourth-order valence-corrected chi connectivity index (χ4v) is 3.80. The van der Waals surface area contributed by atoms with Gasteiger partial charge in [-0.25, -0.2) is 18.1 Å². The number of sulfone groups is 1. The first-order chi connectivity index (χ1) is 8.07. The molecule has 0 amide bonds. The quantitative estimate of drug-likeness (QED) is 0.738. The Hall–Kier alpha value is -1.70. The van der Waals surface area contributed by atoms with Crippen molar-refractivity contribution in [3.8, 4) is 0 Å². The zero-order chi connectivity index (χ0) is 12.0. The van der Waals surface area contributed by atoms with E-state index in [-0.39, 0.29) is 23.1 Å². The van der Waals surface area contributed by atoms with E-state index in [2.05, 4.69) is 15.1 Å². The molecule has 0 unspecified atom stereocenters. The number of nitrogens with one attached hydrogen (secondary N) is 1. The monoisotopic (exact) mass is 254 g/mol. The van der Waals surface area contributed by atoms with Crippen molar-refractivity contribution in [1.29, 1.82) is 0 Å². The molecule has 0 saturated carbocycles. The normalized spacial score (nSPS) is 23.2. The zero-order valence-corrected chi connectivity index (χ0v) is 9.64. The molecule has 0 radical (unpaired) electrons. The van der Waals surface area contributed by atoms with Gasteiger partial charge in [0.1, 0.15) is 5.39 Å². The Labute approximate surface area is 96.4 Å². The summed E-state index contributed by atoms with van der Waals surface area (Å²) in [7, 11) is -2.97. The van der Waals surface area contributed by atoms with E-state index in [1.165, 1.54) is 17.2 Å². The van der Waals surface area contributed by atoms with Crippen LogP contribution in [0.5, 0.6) is 0 Å². The molecule has 1 saturated heterocycles. The molecule has 1 aliphatic heterocycles. The maximum Gasteiger partial charge on any atom is 0.261 e. The lowest BCUT2D eigenvalue weighted by atomic mass is 10.3. The van der Waals surface area contributed by atoms with Gasteiger partial charge in [0.25, 0.3) is 5.56 Å². The van der Waals surface area contributed by atoms with Gasteiger partial charge in [-0.3, -0.25) is 4.79 Å². The minimum Gasteiger partial charge on any atom is -0.312 e. The van der Waals surface area contributed by atoms with Gasteiger partial charge in [-0.2, -0.15) is 5.10 Å². The van der Waals surface area contributed by atoms with Crippen LogP contribution in [0.25, 0.3) is 11.0 Å². The smallest absolute Gasteiger partial charge is 0.261 e. The highest BCUT2D eigenvalue weighted by Gasteiger charge is 2.30. The highest BCUT2D eigenvalue weighted by Crippen LogP contribution is 2.24. The fourth-order valence-electron chi connectivity index (χ4n) is 2.11. The molecule has 1 N–H and O–H groups in total. The van der Waals surface area contributed by atoms with Crippen LogP contribution in [0, 0.1) is 0 Å². The molecule has 3 rings (SSSR count). The fraction of sp³-hybridized carbons (Fsp3) is 0.444. The van der Waals surface area contributed by atoms with Crippen molar-refractivity contribution in [3.05, 3.63) is 22.9 Å². The molecule has 2 aromatic rings. The molecule has 0 aromatic carbocycles. The lowest BCUT2D eigenvalue weighted by Gasteiger charge is -2.08. The van der Waals surface area contributed by atoms with Gasteiger partial charge in [0.2, 0.25) is 0 Å². The van der Waals surface area contributed by atoms with Gasteiger partial charge in [0, 0.05) is 0 Å². The summed E-state index contributed by atoms with van der Waals surface area (Å²) >= 11 is 0. The second-order valence-electron chi connectivity index (χ2n) is 4.11. The van der Waals surface area contributed by atoms with Crippen LogP contribution in [-0.4, -0.2) is 39.7 Å². The number of aromatic nitrogens is 4. The lowest BCUT2D eigenvalue weighted by molar-refractivity contribution is 0.512. The average molecular weight is 254 g/mol. The number of aromatic amines is 1. The summed E-state index contributed by atoms with van der Waals surface area (Å²) in [4.78, 5) is 18.0. The van der Waals surface area contributed by atoms with Crippen LogP contribution in [-0.2, 0) is 9.84 Å². The van der Waals surface area contributed by atoms with E-state index in [4.69, 9.17) is 0 Å². The minimum atomic E-state index is -2.97. The van der Waals surface area contributed by atoms with Gasteiger partial charge in [0.15, 0.2) is 15.5 Å². The first kappa shape index (κ1) is 10.5. The van der Waals surface area contributed by atoms with Crippen LogP contribution in [0.1, 0.15) is 12.5 Å². The van der Waals surface area contributed by atoms with Crippen molar-refractivity contribution >= 4 is 20.9 Å². The largest absolute Gasteiger partial charge is 0.312 e. The van der Waals surface area contributed by atoms with E-state index in [1.54, 1.807) is 0 Å². The predicted octanol–water partition coefficient (Wildman–Crippen LogP) is -0.521. The van der Waals surface area contributed by atoms with Gasteiger partial charge < -0.3 is 4.98 Å². The van der Waals surface area contributed by atoms with Crippen LogP contribution >= 0.6 is 0 Å². The van der Waals surface area contributed by atoms with Gasteiger partial charge in [-0.15, -0.1) is 0 Å². The summed E-state index contributed by atoms with van der Waals surface area (Å²) in [6, 6.07) is -0.216. The van der Waals surface area contributed by atoms with Crippen molar-refractivity contribution < 1.29 is 8.42 Å². The number of nitrogens with zero attached hydrogens (tertiary/aromatic N) is 3. The Balaban J connectivity index is 2.14. The van der Waals surface area contributed by atoms with Gasteiger partial charge >= 0.3 is 0 Å². The molecule has 1 atom stereocenters. The summed E-state index contributed by atoms with van der Waals surface area (Å²) < 4.78 is 24.4. The van der Waals surface area contributed by atoms with Crippen molar-refractivity contribution in [2.75, 3.05) is 11.5 Å². The second-order valence-corrected chi connectivity index (χ2v) is 6.34. The number of H-pyrrole nitrogens is 1. The molecule has 17 heavy (non-hydrogen) atoms. The summed E-state index contributed by atoms with van der Waals surface area (Å²) in [5, 5.41) is 4.46. The maximum atomic E-state index is 11.5. The molecule has 8 heteroatoms. The molecule has 0 spiro atoms. The molecule has 3 heterocycles. The highest BCUT2D eigenvalue weighted by molar-refractivity contribution is 7.91. The lowest BCUT2D eigenvalue weighted by Crippen LogP contribution is -2.14. The number of fused-ring (bicyclic) bond motifs is 1. The molecule has 2 aromatic heterocycles. The molecular weight excluding hydrogens is 244 g/mol. The van der Waals surface area contributed by atoms with Crippen LogP contribution in [0.15, 0.2) is 17.3 Å². The first-order valence-corrected chi connectivity index (χ1v) is 7.00. The third-order valence-electron chi connectivity index (χ3n) is 2.95. The van der Waals surface area contributed by atoms with Gasteiger partial charge in [-0.1, -0.05) is 0 Å². The maximum absolute atomic E-state index is 11.5. The number of rotatable bonds is 1. The molecular formula is C9H10N4O3S. The molecule has 0 bridgehead atoms. The Kier molecular flexibility index (Phi) is 2.09. The number of hydrogen-bond donors (Lipinski definition) is 1. The Morgan fingerprint density at radius 3 is 3.00 bits per heavy atom. The molecule has 1 aliphatic rings. The molecule has 0 aliphatic carbocycles. The number of hydrogen-bond acceptors (Lipinski definition) is 5. The van der Waals surface area contributed by atoms with Crippen molar-refractivity contribution in [1.82, 2.24) is 19.7 Å². The third kappa shape index (κ3) is 1.64. The first-order valence-electron chi connectivity index (χ1n) is 5.18. The van der Waals surface area contributed by atoms with Crippen LogP contribution in [0.2, 0.25) is 0 Å². The van der Waals surface area contributed by atoms with E-state index in [1.807, 2.05) is 0 Å². The summed E-state index contributed by atoms with van der Waals surface area (Å²) in [5.41, 5.74) is 0.179. The van der Waals surface area contributed by atoms with E-state index in [9.17, 15) is 13.2 Å². The Bertz CT molecular complexity index is 730. The third-order valence-corrected chi connectivity index (χ3v) is 4.70. The molecule has 7 nitrogen and oxygen atoms in total. The van der Waals surface area contributed by atoms with Crippen molar-refractivity contribution in [2.24, 2.45) is 0 Å². The zero-order valence-electron chi connectivity index (χ0n) is 8.83. The van der Waals surface area contributed by atoms with E-state index >= 15 is 0 Å². The summed E-state index contributed by atoms with van der Waals surface area (Å²) in [5.74, 6) is 0.237. The van der Waals surface area contributed by atoms with E-state index in [0.717, 1.165) is 0 Å². The van der Waals surface area contributed by atoms with Crippen molar-refractivity contribution in [2.45, 2.75) is 12.5 Å². The van der Waals surface area contributed by atoms with Gasteiger partial charge in [0.05, 0.1) is 30.1 Å². The van der Waals surface area contributed by atoms with Gasteiger partial charge in [-0.05, 0) is 6.42 Å². The standard InChI is InChI=1S/C9H10N4O3S/c14-9-7-3-12-13(8(7)10-5-11-9)6-1-2-17(15,16)4-6/h3,5-6H,1-2,4H2,(H,10,11,14)/t6-/m1/s1. The SMILES string of the molecule is O=c1[nH]cnc2c1cnn2[C@@H]1CCS(=O)(=O)C1. The van der Waals surface area contributed by atoms with Crippen molar-refractivity contribution in [3.63, 3.8) is 0 Å². The predicted molar refractivity (Wildman–Crippen MR) is 60.5 cm³/mol. The average Bonchev–Trinajstić information content (AvgIpc) is 2.82. The topological polar surface area (TPSA) is 97.7 Å². The second kappa shape index (κ2) is 3.39. The van der Waals surface area contributed by atoms with E-state index < -0.39 is 9.84 Å². The van der Waals surface area contributed by atoms with Crippen LogP contribution in [0.3, 0.4) is 0 Å². The van der Waals surface area contributed by atoms with Crippen LogP contribution < -0.4 is 5.56 Å². The van der Waals surface area contributed by atoms with E-state index in [0.29, 0.717) is 17.5 Å². The summed E-state index contributed by atoms with van der Waals surface area (Å²) in [6.07, 6.45) is 3.24. The van der Waals surface area contributed by atoms with Crippen LogP contribution in [0.4, 0.5) is 0 Å².